The highest BCUT2D eigenvalue weighted by Gasteiger charge is 2.24. The molecule has 0 N–H and O–H groups in total. The predicted octanol–water partition coefficient (Wildman–Crippen LogP) is 4.91. The van der Waals surface area contributed by atoms with Crippen molar-refractivity contribution in [2.45, 2.75) is 6.43 Å². The van der Waals surface area contributed by atoms with Crippen LogP contribution in [0.2, 0.25) is 5.02 Å². The molecule has 1 heterocycles. The third-order valence-electron chi connectivity index (χ3n) is 3.05. The highest BCUT2D eigenvalue weighted by molar-refractivity contribution is 6.33. The van der Waals surface area contributed by atoms with Crippen LogP contribution in [0.15, 0.2) is 47.7 Å². The van der Waals surface area contributed by atoms with Crippen molar-refractivity contribution in [3.63, 3.8) is 0 Å². The Bertz CT molecular complexity index is 626. The molecule has 6 heteroatoms. The van der Waals surface area contributed by atoms with Crippen LogP contribution in [0.4, 0.5) is 8.78 Å². The summed E-state index contributed by atoms with van der Waals surface area (Å²) in [4.78, 5) is 1.36. The maximum Gasteiger partial charge on any atom is 0.256 e. The van der Waals surface area contributed by atoms with Crippen LogP contribution in [-0.2, 0) is 0 Å². The van der Waals surface area contributed by atoms with E-state index in [-0.39, 0.29) is 0 Å². The van der Waals surface area contributed by atoms with E-state index in [0.717, 1.165) is 0 Å². The first-order valence-corrected chi connectivity index (χ1v) is 6.86. The van der Waals surface area contributed by atoms with Crippen molar-refractivity contribution in [1.29, 1.82) is 0 Å². The number of benzene rings is 1. The van der Waals surface area contributed by atoms with Gasteiger partial charge in [-0.05, 0) is 30.4 Å². The minimum atomic E-state index is -2.52. The molecule has 0 aliphatic carbocycles. The summed E-state index contributed by atoms with van der Waals surface area (Å²) in [5.74, 6) is 0.591. The lowest BCUT2D eigenvalue weighted by Crippen LogP contribution is -2.28. The van der Waals surface area contributed by atoms with Gasteiger partial charge in [-0.2, -0.15) is 0 Å². The Morgan fingerprint density at radius 3 is 2.57 bits per heavy atom. The van der Waals surface area contributed by atoms with E-state index in [4.69, 9.17) is 27.9 Å². The Hall–Kier alpha value is -1.52. The van der Waals surface area contributed by atoms with Crippen LogP contribution in [0.1, 0.15) is 5.56 Å². The summed E-state index contributed by atoms with van der Waals surface area (Å²) >= 11 is 12.2. The zero-order chi connectivity index (χ0) is 15.6. The van der Waals surface area contributed by atoms with E-state index >= 15 is 0 Å². The molecule has 0 spiro atoms. The normalized spacial score (nSPS) is 15.1. The molecule has 0 amide bonds. The number of allylic oxidation sites excluding steroid dienone is 3. The average Bonchev–Trinajstić information content (AvgIpc) is 2.44. The quantitative estimate of drug-likeness (QED) is 0.777. The van der Waals surface area contributed by atoms with Crippen LogP contribution in [0, 0.1) is 0 Å². The van der Waals surface area contributed by atoms with Gasteiger partial charge in [-0.1, -0.05) is 29.8 Å². The summed E-state index contributed by atoms with van der Waals surface area (Å²) in [6.45, 7) is 3.25. The summed E-state index contributed by atoms with van der Waals surface area (Å²) in [5.41, 5.74) is 1.46. The van der Waals surface area contributed by atoms with Crippen molar-refractivity contribution in [3.05, 3.63) is 58.2 Å². The molecule has 0 saturated carbocycles. The minimum Gasteiger partial charge on any atom is -0.497 e. The molecule has 21 heavy (non-hydrogen) atoms. The summed E-state index contributed by atoms with van der Waals surface area (Å²) in [6, 6.07) is 5.05. The maximum absolute atomic E-state index is 12.8. The first kappa shape index (κ1) is 15.9. The summed E-state index contributed by atoms with van der Waals surface area (Å²) < 4.78 is 30.7. The fourth-order valence-corrected chi connectivity index (χ4v) is 2.46. The van der Waals surface area contributed by atoms with E-state index in [1.807, 2.05) is 0 Å². The molecule has 0 fully saturated rings. The Kier molecular flexibility index (Phi) is 4.91. The zero-order valence-electron chi connectivity index (χ0n) is 11.2. The van der Waals surface area contributed by atoms with E-state index in [0.29, 0.717) is 32.8 Å². The number of nitrogens with zero attached hydrogens (tertiary/aromatic N) is 1. The van der Waals surface area contributed by atoms with Crippen LogP contribution in [0.5, 0.6) is 5.75 Å². The fraction of sp³-hybridized carbons (Fsp3) is 0.200. The molecule has 0 saturated heterocycles. The predicted molar refractivity (Wildman–Crippen MR) is 81.8 cm³/mol. The van der Waals surface area contributed by atoms with Crippen molar-refractivity contribution in [3.8, 4) is 5.75 Å². The van der Waals surface area contributed by atoms with E-state index < -0.39 is 13.0 Å². The lowest BCUT2D eigenvalue weighted by Gasteiger charge is -2.31. The molecule has 2 rings (SSSR count). The standard InChI is InChI=1S/C15H13Cl2F2NO/c1-9-12(16)5-6-14(20(9)8-15(18)19)11-4-3-10(21-2)7-13(11)17/h3-7,15H,1,8H2,2H3. The van der Waals surface area contributed by atoms with Gasteiger partial charge in [0, 0.05) is 5.56 Å². The number of ether oxygens (including phenoxy) is 1. The Balaban J connectivity index is 2.46. The van der Waals surface area contributed by atoms with Gasteiger partial charge in [0.1, 0.15) is 5.75 Å². The smallest absolute Gasteiger partial charge is 0.256 e. The molecule has 2 nitrogen and oxygen atoms in total. The Morgan fingerprint density at radius 2 is 2.00 bits per heavy atom. The van der Waals surface area contributed by atoms with Gasteiger partial charge in [0.25, 0.3) is 6.43 Å². The van der Waals surface area contributed by atoms with Crippen LogP contribution < -0.4 is 4.74 Å². The molecule has 0 aromatic heterocycles. The molecule has 1 aliphatic heterocycles. The summed E-state index contributed by atoms with van der Waals surface area (Å²) in [5, 5.41) is 0.725. The lowest BCUT2D eigenvalue weighted by atomic mass is 10.1. The van der Waals surface area contributed by atoms with Gasteiger partial charge >= 0.3 is 0 Å². The SMILES string of the molecule is C=C1C(Cl)=CC=C(c2ccc(OC)cc2Cl)N1CC(F)F. The second-order valence-electron chi connectivity index (χ2n) is 4.36. The number of hydrogen-bond donors (Lipinski definition) is 0. The third-order valence-corrected chi connectivity index (χ3v) is 3.71. The Morgan fingerprint density at radius 1 is 1.29 bits per heavy atom. The summed E-state index contributed by atoms with van der Waals surface area (Å²) in [7, 11) is 1.53. The van der Waals surface area contributed by atoms with Crippen molar-refractivity contribution < 1.29 is 13.5 Å². The third kappa shape index (κ3) is 3.39. The average molecular weight is 332 g/mol. The highest BCUT2D eigenvalue weighted by Crippen LogP contribution is 2.36. The molecule has 0 bridgehead atoms. The Labute approximate surface area is 131 Å². The maximum atomic E-state index is 12.8. The number of rotatable bonds is 4. The van der Waals surface area contributed by atoms with Gasteiger partial charge in [-0.3, -0.25) is 0 Å². The lowest BCUT2D eigenvalue weighted by molar-refractivity contribution is 0.123. The molecule has 1 aromatic carbocycles. The second kappa shape index (κ2) is 6.50. The van der Waals surface area contributed by atoms with Crippen LogP contribution in [0.3, 0.4) is 0 Å². The molecular formula is C15H13Cl2F2NO. The van der Waals surface area contributed by atoms with E-state index in [9.17, 15) is 8.78 Å². The zero-order valence-corrected chi connectivity index (χ0v) is 12.8. The van der Waals surface area contributed by atoms with Gasteiger partial charge in [-0.15, -0.1) is 0 Å². The van der Waals surface area contributed by atoms with Crippen LogP contribution in [0.25, 0.3) is 5.70 Å². The second-order valence-corrected chi connectivity index (χ2v) is 5.18. The molecule has 0 unspecified atom stereocenters. The first-order chi connectivity index (χ1) is 9.93. The van der Waals surface area contributed by atoms with Gasteiger partial charge in [-0.25, -0.2) is 8.78 Å². The van der Waals surface area contributed by atoms with Crippen molar-refractivity contribution >= 4 is 28.9 Å². The van der Waals surface area contributed by atoms with Crippen LogP contribution >= 0.6 is 23.2 Å². The topological polar surface area (TPSA) is 12.5 Å². The number of methoxy groups -OCH3 is 1. The van der Waals surface area contributed by atoms with E-state index in [1.165, 1.54) is 12.0 Å². The molecule has 0 atom stereocenters. The van der Waals surface area contributed by atoms with Crippen molar-refractivity contribution in [2.24, 2.45) is 0 Å². The molecule has 112 valence electrons. The van der Waals surface area contributed by atoms with Crippen molar-refractivity contribution in [1.82, 2.24) is 4.90 Å². The van der Waals surface area contributed by atoms with Crippen molar-refractivity contribution in [2.75, 3.05) is 13.7 Å². The van der Waals surface area contributed by atoms with Gasteiger partial charge in [0.2, 0.25) is 0 Å². The molecule has 0 radical (unpaired) electrons. The van der Waals surface area contributed by atoms with Gasteiger partial charge in [0.05, 0.1) is 35.1 Å². The molecule has 1 aromatic rings. The molecular weight excluding hydrogens is 319 g/mol. The number of alkyl halides is 2. The first-order valence-electron chi connectivity index (χ1n) is 6.10. The van der Waals surface area contributed by atoms with Gasteiger partial charge in [0.15, 0.2) is 0 Å². The van der Waals surface area contributed by atoms with Gasteiger partial charge < -0.3 is 9.64 Å². The number of hydrogen-bond acceptors (Lipinski definition) is 2. The van der Waals surface area contributed by atoms with E-state index in [1.54, 1.807) is 30.4 Å². The van der Waals surface area contributed by atoms with E-state index in [2.05, 4.69) is 6.58 Å². The monoisotopic (exact) mass is 331 g/mol. The van der Waals surface area contributed by atoms with Crippen LogP contribution in [-0.4, -0.2) is 25.0 Å². The molecule has 1 aliphatic rings. The largest absolute Gasteiger partial charge is 0.497 e. The minimum absolute atomic E-state index is 0.321. The highest BCUT2D eigenvalue weighted by atomic mass is 35.5. The fourth-order valence-electron chi connectivity index (χ4n) is 2.02. The number of halogens is 4. The summed E-state index contributed by atoms with van der Waals surface area (Å²) in [6.07, 6.45) is 0.735.